The van der Waals surface area contributed by atoms with E-state index in [1.807, 2.05) is 12.1 Å². The molecule has 1 aromatic carbocycles. The maximum atomic E-state index is 11.9. The van der Waals surface area contributed by atoms with E-state index in [2.05, 4.69) is 9.72 Å². The molecule has 0 amide bonds. The van der Waals surface area contributed by atoms with Crippen molar-refractivity contribution >= 4 is 16.9 Å². The molecule has 0 bridgehead atoms. The predicted octanol–water partition coefficient (Wildman–Crippen LogP) is 0.971. The van der Waals surface area contributed by atoms with Crippen LogP contribution in [0.15, 0.2) is 29.1 Å². The van der Waals surface area contributed by atoms with Crippen molar-refractivity contribution in [3.05, 3.63) is 40.2 Å². The Kier molecular flexibility index (Phi) is 4.94. The van der Waals surface area contributed by atoms with Crippen LogP contribution in [0.5, 0.6) is 5.75 Å². The molecule has 0 aliphatic rings. The Labute approximate surface area is 121 Å². The van der Waals surface area contributed by atoms with Crippen LogP contribution in [-0.4, -0.2) is 31.2 Å². The number of nitrogens with one attached hydrogen (secondary N) is 1. The average molecular weight is 290 g/mol. The van der Waals surface area contributed by atoms with Gasteiger partial charge in [0.25, 0.3) is 5.56 Å². The van der Waals surface area contributed by atoms with Gasteiger partial charge >= 0.3 is 5.97 Å². The van der Waals surface area contributed by atoms with Gasteiger partial charge in [-0.25, -0.2) is 0 Å². The number of esters is 1. The maximum Gasteiger partial charge on any atom is 0.310 e. The second-order valence-corrected chi connectivity index (χ2v) is 4.62. The van der Waals surface area contributed by atoms with Gasteiger partial charge in [0.2, 0.25) is 0 Å². The zero-order valence-electron chi connectivity index (χ0n) is 11.8. The van der Waals surface area contributed by atoms with Gasteiger partial charge in [-0.3, -0.25) is 9.59 Å². The first kappa shape index (κ1) is 15.1. The second-order valence-electron chi connectivity index (χ2n) is 4.62. The number of rotatable bonds is 6. The van der Waals surface area contributed by atoms with Crippen LogP contribution in [-0.2, 0) is 16.0 Å². The molecule has 112 valence electrons. The zero-order chi connectivity index (χ0) is 15.2. The molecule has 0 saturated heterocycles. The number of fused-ring (bicyclic) bond motifs is 1. The number of benzene rings is 1. The summed E-state index contributed by atoms with van der Waals surface area (Å²) in [7, 11) is 1.29. The van der Waals surface area contributed by atoms with Crippen molar-refractivity contribution in [3.8, 4) is 5.75 Å². The van der Waals surface area contributed by atoms with E-state index in [0.29, 0.717) is 30.0 Å². The number of carbonyl (C=O) groups is 1. The molecule has 0 radical (unpaired) electrons. The number of hydrogen-bond acceptors (Lipinski definition) is 5. The monoisotopic (exact) mass is 290 g/mol. The predicted molar refractivity (Wildman–Crippen MR) is 79.5 cm³/mol. The number of aromatic nitrogens is 1. The maximum absolute atomic E-state index is 11.9. The van der Waals surface area contributed by atoms with Crippen molar-refractivity contribution in [3.63, 3.8) is 0 Å². The third-order valence-corrected chi connectivity index (χ3v) is 3.07. The Balaban J connectivity index is 2.27. The summed E-state index contributed by atoms with van der Waals surface area (Å²) in [6.45, 7) is 1.11. The molecule has 21 heavy (non-hydrogen) atoms. The van der Waals surface area contributed by atoms with Gasteiger partial charge < -0.3 is 20.2 Å². The van der Waals surface area contributed by atoms with E-state index in [0.717, 1.165) is 11.8 Å². The van der Waals surface area contributed by atoms with Crippen LogP contribution < -0.4 is 16.0 Å². The quantitative estimate of drug-likeness (QED) is 0.610. The van der Waals surface area contributed by atoms with Gasteiger partial charge in [-0.1, -0.05) is 0 Å². The SMILES string of the molecule is COC(=O)Cc1cc2ccc(OCCCN)cc2[nH]c1=O. The lowest BCUT2D eigenvalue weighted by Gasteiger charge is -2.07. The number of methoxy groups -OCH3 is 1. The molecule has 1 aromatic heterocycles. The fraction of sp³-hybridized carbons (Fsp3) is 0.333. The molecular formula is C15H18N2O4. The van der Waals surface area contributed by atoms with Gasteiger partial charge in [-0.05, 0) is 36.6 Å². The number of ether oxygens (including phenoxy) is 2. The first-order valence-electron chi connectivity index (χ1n) is 6.69. The lowest BCUT2D eigenvalue weighted by Crippen LogP contribution is -2.17. The second kappa shape index (κ2) is 6.90. The van der Waals surface area contributed by atoms with Crippen LogP contribution in [0.4, 0.5) is 0 Å². The molecule has 1 heterocycles. The van der Waals surface area contributed by atoms with Crippen molar-refractivity contribution in [2.45, 2.75) is 12.8 Å². The van der Waals surface area contributed by atoms with E-state index in [-0.39, 0.29) is 12.0 Å². The van der Waals surface area contributed by atoms with Crippen molar-refractivity contribution in [1.29, 1.82) is 0 Å². The lowest BCUT2D eigenvalue weighted by molar-refractivity contribution is -0.139. The molecule has 2 rings (SSSR count). The van der Waals surface area contributed by atoms with Crippen LogP contribution in [0.3, 0.4) is 0 Å². The van der Waals surface area contributed by atoms with Crippen molar-refractivity contribution < 1.29 is 14.3 Å². The summed E-state index contributed by atoms with van der Waals surface area (Å²) in [4.78, 5) is 26.0. The highest BCUT2D eigenvalue weighted by Gasteiger charge is 2.09. The first-order valence-corrected chi connectivity index (χ1v) is 6.69. The van der Waals surface area contributed by atoms with Crippen LogP contribution in [0, 0.1) is 0 Å². The third kappa shape index (κ3) is 3.82. The molecule has 2 aromatic rings. The van der Waals surface area contributed by atoms with Gasteiger partial charge in [-0.2, -0.15) is 0 Å². The van der Waals surface area contributed by atoms with Gasteiger partial charge in [0.15, 0.2) is 0 Å². The topological polar surface area (TPSA) is 94.4 Å². The molecular weight excluding hydrogens is 272 g/mol. The fourth-order valence-corrected chi connectivity index (χ4v) is 1.95. The summed E-state index contributed by atoms with van der Waals surface area (Å²) in [5.41, 5.74) is 6.15. The summed E-state index contributed by atoms with van der Waals surface area (Å²) < 4.78 is 10.1. The molecule has 0 fully saturated rings. The molecule has 6 heteroatoms. The van der Waals surface area contributed by atoms with E-state index in [4.69, 9.17) is 10.5 Å². The number of nitrogens with two attached hydrogens (primary N) is 1. The Hall–Kier alpha value is -2.34. The van der Waals surface area contributed by atoms with Crippen molar-refractivity contribution in [2.24, 2.45) is 5.73 Å². The Morgan fingerprint density at radius 2 is 2.14 bits per heavy atom. The van der Waals surface area contributed by atoms with Crippen LogP contribution in [0.1, 0.15) is 12.0 Å². The molecule has 0 saturated carbocycles. The minimum Gasteiger partial charge on any atom is -0.493 e. The lowest BCUT2D eigenvalue weighted by atomic mass is 10.1. The highest BCUT2D eigenvalue weighted by atomic mass is 16.5. The Morgan fingerprint density at radius 1 is 1.33 bits per heavy atom. The summed E-state index contributed by atoms with van der Waals surface area (Å²) in [6.07, 6.45) is 0.725. The Bertz CT molecular complexity index is 694. The van der Waals surface area contributed by atoms with E-state index in [1.54, 1.807) is 12.1 Å². The van der Waals surface area contributed by atoms with E-state index >= 15 is 0 Å². The van der Waals surface area contributed by atoms with Crippen LogP contribution in [0.2, 0.25) is 0 Å². The number of H-pyrrole nitrogens is 1. The largest absolute Gasteiger partial charge is 0.493 e. The molecule has 0 aliphatic heterocycles. The molecule has 3 N–H and O–H groups in total. The first-order chi connectivity index (χ1) is 10.1. The average Bonchev–Trinajstić information content (AvgIpc) is 2.48. The van der Waals surface area contributed by atoms with Gasteiger partial charge in [0.1, 0.15) is 5.75 Å². The normalized spacial score (nSPS) is 10.6. The summed E-state index contributed by atoms with van der Waals surface area (Å²) >= 11 is 0. The molecule has 0 aliphatic carbocycles. The summed E-state index contributed by atoms with van der Waals surface area (Å²) in [5, 5.41) is 0.833. The molecule has 0 atom stereocenters. The third-order valence-electron chi connectivity index (χ3n) is 3.07. The number of pyridine rings is 1. The van der Waals surface area contributed by atoms with Crippen LogP contribution in [0.25, 0.3) is 10.9 Å². The van der Waals surface area contributed by atoms with E-state index in [1.165, 1.54) is 7.11 Å². The number of hydrogen-bond donors (Lipinski definition) is 2. The number of carbonyl (C=O) groups excluding carboxylic acids is 1. The fourth-order valence-electron chi connectivity index (χ4n) is 1.95. The van der Waals surface area contributed by atoms with Gasteiger partial charge in [0.05, 0.1) is 25.7 Å². The van der Waals surface area contributed by atoms with Crippen LogP contribution >= 0.6 is 0 Å². The molecule has 6 nitrogen and oxygen atoms in total. The summed E-state index contributed by atoms with van der Waals surface area (Å²) in [6, 6.07) is 7.10. The Morgan fingerprint density at radius 3 is 2.86 bits per heavy atom. The standard InChI is InChI=1S/C15H18N2O4/c1-20-14(18)8-11-7-10-3-4-12(21-6-2-5-16)9-13(10)17-15(11)19/h3-4,7,9H,2,5-6,8,16H2,1H3,(H,17,19). The zero-order valence-corrected chi connectivity index (χ0v) is 11.8. The smallest absolute Gasteiger partial charge is 0.310 e. The van der Waals surface area contributed by atoms with Gasteiger partial charge in [0, 0.05) is 11.6 Å². The molecule has 0 spiro atoms. The van der Waals surface area contributed by atoms with E-state index in [9.17, 15) is 9.59 Å². The molecule has 0 unspecified atom stereocenters. The van der Waals surface area contributed by atoms with Gasteiger partial charge in [-0.15, -0.1) is 0 Å². The minimum atomic E-state index is -0.443. The highest BCUT2D eigenvalue weighted by Crippen LogP contribution is 2.19. The van der Waals surface area contributed by atoms with E-state index < -0.39 is 5.97 Å². The number of aromatic amines is 1. The van der Waals surface area contributed by atoms with Crippen molar-refractivity contribution in [1.82, 2.24) is 4.98 Å². The highest BCUT2D eigenvalue weighted by molar-refractivity contribution is 5.82. The minimum absolute atomic E-state index is 0.0451. The van der Waals surface area contributed by atoms with Crippen molar-refractivity contribution in [2.75, 3.05) is 20.3 Å². The summed E-state index contributed by atoms with van der Waals surface area (Å²) in [5.74, 6) is 0.230.